The van der Waals surface area contributed by atoms with Crippen LogP contribution in [0, 0.1) is 5.82 Å². The van der Waals surface area contributed by atoms with E-state index in [0.29, 0.717) is 17.1 Å². The molecule has 2 aromatic carbocycles. The maximum absolute atomic E-state index is 14.1. The molecule has 0 saturated heterocycles. The van der Waals surface area contributed by atoms with E-state index in [1.54, 1.807) is 16.8 Å². The molecule has 3 aromatic rings. The molecule has 1 aliphatic rings. The molecule has 0 aliphatic carbocycles. The highest BCUT2D eigenvalue weighted by Crippen LogP contribution is 2.32. The largest absolute Gasteiger partial charge is 0.289 e. The molecule has 6 heteroatoms. The van der Waals surface area contributed by atoms with Crippen molar-refractivity contribution in [2.75, 3.05) is 5.43 Å². The number of thioether (sulfide) groups is 1. The van der Waals surface area contributed by atoms with E-state index in [1.807, 2.05) is 23.6 Å². The SMILES string of the molecule is CC(C)(C)c1ccc(-c2nnc3n2NC(c2ccccc2F)=CS3)cc1. The van der Waals surface area contributed by atoms with E-state index in [1.165, 1.54) is 23.4 Å². The molecule has 1 aromatic heterocycles. The maximum Gasteiger partial charge on any atom is 0.214 e. The smallest absolute Gasteiger partial charge is 0.214 e. The maximum atomic E-state index is 14.1. The second-order valence-corrected chi connectivity index (χ2v) is 8.05. The molecule has 2 heterocycles. The molecule has 0 bridgehead atoms. The molecule has 132 valence electrons. The number of hydrogen-bond donors (Lipinski definition) is 1. The second kappa shape index (κ2) is 6.29. The highest BCUT2D eigenvalue weighted by molar-refractivity contribution is 8.02. The molecule has 0 amide bonds. The Hall–Kier alpha value is -2.60. The summed E-state index contributed by atoms with van der Waals surface area (Å²) >= 11 is 1.42. The number of benzene rings is 2. The van der Waals surface area contributed by atoms with Crippen molar-refractivity contribution in [2.45, 2.75) is 31.3 Å². The molecule has 0 atom stereocenters. The van der Waals surface area contributed by atoms with Crippen LogP contribution in [0.15, 0.2) is 59.1 Å². The first-order valence-electron chi connectivity index (χ1n) is 8.38. The molecule has 0 saturated carbocycles. The third-order valence-electron chi connectivity index (χ3n) is 4.32. The number of rotatable bonds is 2. The fourth-order valence-electron chi connectivity index (χ4n) is 2.82. The Bertz CT molecular complexity index is 984. The lowest BCUT2D eigenvalue weighted by Crippen LogP contribution is -2.19. The zero-order chi connectivity index (χ0) is 18.3. The van der Waals surface area contributed by atoms with Crippen molar-refractivity contribution < 1.29 is 4.39 Å². The number of nitrogens with zero attached hydrogens (tertiary/aromatic N) is 3. The summed E-state index contributed by atoms with van der Waals surface area (Å²) in [6.45, 7) is 6.56. The van der Waals surface area contributed by atoms with Gasteiger partial charge in [-0.05, 0) is 23.1 Å². The molecule has 0 spiro atoms. The van der Waals surface area contributed by atoms with Gasteiger partial charge in [0.2, 0.25) is 5.16 Å². The Kier molecular flexibility index (Phi) is 4.07. The molecule has 4 nitrogen and oxygen atoms in total. The minimum atomic E-state index is -0.264. The number of nitrogens with one attached hydrogen (secondary N) is 1. The van der Waals surface area contributed by atoms with Crippen molar-refractivity contribution in [3.8, 4) is 11.4 Å². The first-order valence-corrected chi connectivity index (χ1v) is 9.26. The summed E-state index contributed by atoms with van der Waals surface area (Å²) in [7, 11) is 0. The molecule has 0 unspecified atom stereocenters. The van der Waals surface area contributed by atoms with Crippen LogP contribution in [-0.4, -0.2) is 14.9 Å². The fourth-order valence-corrected chi connectivity index (χ4v) is 3.54. The third kappa shape index (κ3) is 3.01. The molecule has 1 N–H and O–H groups in total. The molecule has 4 rings (SSSR count). The van der Waals surface area contributed by atoms with E-state index >= 15 is 0 Å². The normalized spacial score (nSPS) is 13.8. The van der Waals surface area contributed by atoms with Gasteiger partial charge in [-0.3, -0.25) is 5.43 Å². The van der Waals surface area contributed by atoms with E-state index in [2.05, 4.69) is 48.5 Å². The summed E-state index contributed by atoms with van der Waals surface area (Å²) in [5.74, 6) is 0.439. The Balaban J connectivity index is 1.68. The number of hydrogen-bond acceptors (Lipinski definition) is 4. The first-order chi connectivity index (χ1) is 12.4. The van der Waals surface area contributed by atoms with Crippen LogP contribution in [0.1, 0.15) is 31.9 Å². The summed E-state index contributed by atoms with van der Waals surface area (Å²) in [6, 6.07) is 15.0. The lowest BCUT2D eigenvalue weighted by Gasteiger charge is -2.20. The minimum absolute atomic E-state index is 0.0949. The van der Waals surface area contributed by atoms with Gasteiger partial charge in [0.05, 0.1) is 5.70 Å². The van der Waals surface area contributed by atoms with Gasteiger partial charge in [0, 0.05) is 16.5 Å². The summed E-state index contributed by atoms with van der Waals surface area (Å²) in [5, 5.41) is 11.1. The van der Waals surface area contributed by atoms with Crippen molar-refractivity contribution in [3.63, 3.8) is 0 Å². The Morgan fingerprint density at radius 2 is 1.73 bits per heavy atom. The average molecular weight is 366 g/mol. The second-order valence-electron chi connectivity index (χ2n) is 7.21. The van der Waals surface area contributed by atoms with Crippen molar-refractivity contribution in [1.29, 1.82) is 0 Å². The van der Waals surface area contributed by atoms with E-state index in [-0.39, 0.29) is 11.2 Å². The lowest BCUT2D eigenvalue weighted by atomic mass is 9.87. The summed E-state index contributed by atoms with van der Waals surface area (Å²) in [6.07, 6.45) is 0. The predicted molar refractivity (Wildman–Crippen MR) is 104 cm³/mol. The number of fused-ring (bicyclic) bond motifs is 1. The third-order valence-corrected chi connectivity index (χ3v) is 5.15. The lowest BCUT2D eigenvalue weighted by molar-refractivity contribution is 0.590. The van der Waals surface area contributed by atoms with Gasteiger partial charge in [0.15, 0.2) is 5.82 Å². The van der Waals surface area contributed by atoms with Crippen LogP contribution in [0.3, 0.4) is 0 Å². The highest BCUT2D eigenvalue weighted by Gasteiger charge is 2.21. The van der Waals surface area contributed by atoms with E-state index in [9.17, 15) is 4.39 Å². The van der Waals surface area contributed by atoms with Gasteiger partial charge in [-0.2, -0.15) is 0 Å². The van der Waals surface area contributed by atoms with Gasteiger partial charge in [0.1, 0.15) is 5.82 Å². The van der Waals surface area contributed by atoms with Crippen molar-refractivity contribution in [3.05, 3.63) is 70.9 Å². The molecular weight excluding hydrogens is 347 g/mol. The Morgan fingerprint density at radius 1 is 1.00 bits per heavy atom. The number of aromatic nitrogens is 3. The average Bonchev–Trinajstić information content (AvgIpc) is 3.04. The van der Waals surface area contributed by atoms with Gasteiger partial charge in [-0.25, -0.2) is 9.07 Å². The van der Waals surface area contributed by atoms with Crippen LogP contribution in [0.5, 0.6) is 0 Å². The van der Waals surface area contributed by atoms with Gasteiger partial charge in [-0.15, -0.1) is 10.2 Å². The van der Waals surface area contributed by atoms with Crippen LogP contribution in [0.25, 0.3) is 17.1 Å². The summed E-state index contributed by atoms with van der Waals surface area (Å²) in [4.78, 5) is 0. The van der Waals surface area contributed by atoms with Gasteiger partial charge in [-0.1, -0.05) is 68.9 Å². The molecule has 0 fully saturated rings. The van der Waals surface area contributed by atoms with Gasteiger partial charge in [0.25, 0.3) is 0 Å². The van der Waals surface area contributed by atoms with Gasteiger partial charge >= 0.3 is 0 Å². The Labute approximate surface area is 156 Å². The molecule has 0 radical (unpaired) electrons. The number of halogens is 1. The standard InChI is InChI=1S/C20H19FN4S/c1-20(2,3)14-10-8-13(9-11-14)18-22-23-19-25(18)24-17(12-26-19)15-6-4-5-7-16(15)21/h4-12,24H,1-3H3. The zero-order valence-electron chi connectivity index (χ0n) is 14.8. The zero-order valence-corrected chi connectivity index (χ0v) is 15.6. The van der Waals surface area contributed by atoms with Crippen LogP contribution < -0.4 is 5.43 Å². The van der Waals surface area contributed by atoms with Crippen LogP contribution >= 0.6 is 11.8 Å². The van der Waals surface area contributed by atoms with Crippen LogP contribution in [-0.2, 0) is 5.41 Å². The Morgan fingerprint density at radius 3 is 2.42 bits per heavy atom. The van der Waals surface area contributed by atoms with Gasteiger partial charge < -0.3 is 0 Å². The highest BCUT2D eigenvalue weighted by atomic mass is 32.2. The van der Waals surface area contributed by atoms with E-state index < -0.39 is 0 Å². The summed E-state index contributed by atoms with van der Waals surface area (Å²) in [5.41, 5.74) is 6.76. The van der Waals surface area contributed by atoms with Crippen molar-refractivity contribution in [1.82, 2.24) is 14.9 Å². The van der Waals surface area contributed by atoms with E-state index in [4.69, 9.17) is 0 Å². The molecule has 26 heavy (non-hydrogen) atoms. The monoisotopic (exact) mass is 366 g/mol. The quantitative estimate of drug-likeness (QED) is 0.691. The van der Waals surface area contributed by atoms with Crippen LogP contribution in [0.2, 0.25) is 0 Å². The molecule has 1 aliphatic heterocycles. The van der Waals surface area contributed by atoms with Crippen LogP contribution in [0.4, 0.5) is 4.39 Å². The predicted octanol–water partition coefficient (Wildman–Crippen LogP) is 5.03. The summed E-state index contributed by atoms with van der Waals surface area (Å²) < 4.78 is 15.9. The topological polar surface area (TPSA) is 42.7 Å². The first kappa shape index (κ1) is 16.8. The molecular formula is C20H19FN4S. The van der Waals surface area contributed by atoms with Crippen molar-refractivity contribution in [2.24, 2.45) is 0 Å². The fraction of sp³-hybridized carbons (Fsp3) is 0.200. The van der Waals surface area contributed by atoms with Crippen molar-refractivity contribution >= 4 is 17.5 Å². The minimum Gasteiger partial charge on any atom is -0.289 e. The van der Waals surface area contributed by atoms with E-state index in [0.717, 1.165) is 10.7 Å².